The zero-order chi connectivity index (χ0) is 21.9. The lowest BCUT2D eigenvalue weighted by atomic mass is 10.0. The zero-order valence-electron chi connectivity index (χ0n) is 18.3. The summed E-state index contributed by atoms with van der Waals surface area (Å²) in [5, 5.41) is 5.26. The molecule has 0 bridgehead atoms. The van der Waals surface area contributed by atoms with Crippen LogP contribution in [0.5, 0.6) is 0 Å². The number of fused-ring (bicyclic) bond motifs is 1. The van der Waals surface area contributed by atoms with E-state index < -0.39 is 0 Å². The van der Waals surface area contributed by atoms with E-state index in [1.54, 1.807) is 0 Å². The molecule has 2 aromatic rings. The molecule has 4 heterocycles. The maximum absolute atomic E-state index is 12.7. The van der Waals surface area contributed by atoms with Crippen LogP contribution in [0.25, 0.3) is 0 Å². The highest BCUT2D eigenvalue weighted by molar-refractivity contribution is 7.12. The van der Waals surface area contributed by atoms with E-state index in [9.17, 15) is 9.59 Å². The van der Waals surface area contributed by atoms with Gasteiger partial charge in [-0.1, -0.05) is 36.4 Å². The topological polar surface area (TPSA) is 61.9 Å². The minimum atomic E-state index is -0.0285. The molecule has 170 valence electrons. The first-order valence-corrected chi connectivity index (χ1v) is 12.5. The van der Waals surface area contributed by atoms with Gasteiger partial charge in [-0.3, -0.25) is 9.59 Å². The van der Waals surface area contributed by atoms with Crippen molar-refractivity contribution in [1.82, 2.24) is 15.1 Å². The second kappa shape index (κ2) is 9.73. The van der Waals surface area contributed by atoms with Crippen molar-refractivity contribution in [2.45, 2.75) is 18.9 Å². The highest BCUT2D eigenvalue weighted by Gasteiger charge is 2.41. The van der Waals surface area contributed by atoms with E-state index in [0.29, 0.717) is 25.0 Å². The standard InChI is InChI=1S/C25H31N3O3S/c29-24(19-9-11-31-17-19)26-22(18-5-2-1-3-6-18)8-10-27-13-20-15-28(16-21(20)14-27)25(30)23-7-4-12-32-23/h1-7,12,19-22H,8-11,13-17H2,(H,26,29)/t19?,20?,21?,22-/m0/s1. The predicted molar refractivity (Wildman–Crippen MR) is 125 cm³/mol. The summed E-state index contributed by atoms with van der Waals surface area (Å²) in [4.78, 5) is 30.8. The summed E-state index contributed by atoms with van der Waals surface area (Å²) in [6.07, 6.45) is 1.70. The van der Waals surface area contributed by atoms with Gasteiger partial charge in [0, 0.05) is 39.3 Å². The van der Waals surface area contributed by atoms with Gasteiger partial charge in [-0.2, -0.15) is 0 Å². The number of nitrogens with one attached hydrogen (secondary N) is 1. The largest absolute Gasteiger partial charge is 0.381 e. The summed E-state index contributed by atoms with van der Waals surface area (Å²) < 4.78 is 5.40. The van der Waals surface area contributed by atoms with Crippen LogP contribution in [0.15, 0.2) is 47.8 Å². The molecule has 2 amide bonds. The van der Waals surface area contributed by atoms with Gasteiger partial charge in [0.2, 0.25) is 5.91 Å². The van der Waals surface area contributed by atoms with Gasteiger partial charge in [0.05, 0.1) is 23.4 Å². The average molecular weight is 454 g/mol. The summed E-state index contributed by atoms with van der Waals surface area (Å²) in [5.74, 6) is 1.37. The SMILES string of the molecule is O=C(N[C@@H](CCN1CC2CN(C(=O)c3cccs3)CC2C1)c1ccccc1)C1CCOC1. The molecule has 7 heteroatoms. The number of likely N-dealkylation sites (tertiary alicyclic amines) is 2. The number of thiophene rings is 1. The van der Waals surface area contributed by atoms with E-state index >= 15 is 0 Å². The average Bonchev–Trinajstić information content (AvgIpc) is 3.60. The van der Waals surface area contributed by atoms with Crippen LogP contribution in [0, 0.1) is 17.8 Å². The minimum Gasteiger partial charge on any atom is -0.381 e. The smallest absolute Gasteiger partial charge is 0.263 e. The number of hydrogen-bond donors (Lipinski definition) is 1. The van der Waals surface area contributed by atoms with Gasteiger partial charge in [-0.15, -0.1) is 11.3 Å². The summed E-state index contributed by atoms with van der Waals surface area (Å²) in [6, 6.07) is 14.2. The zero-order valence-corrected chi connectivity index (χ0v) is 19.1. The monoisotopic (exact) mass is 453 g/mol. The fraction of sp³-hybridized carbons (Fsp3) is 0.520. The Morgan fingerprint density at radius 2 is 1.84 bits per heavy atom. The van der Waals surface area contributed by atoms with Gasteiger partial charge in [-0.25, -0.2) is 0 Å². The van der Waals surface area contributed by atoms with Crippen molar-refractivity contribution in [3.8, 4) is 0 Å². The predicted octanol–water partition coefficient (Wildman–Crippen LogP) is 3.04. The van der Waals surface area contributed by atoms with E-state index in [1.807, 2.05) is 40.6 Å². The molecule has 0 saturated carbocycles. The maximum atomic E-state index is 12.7. The normalized spacial score (nSPS) is 26.2. The first-order chi connectivity index (χ1) is 15.7. The van der Waals surface area contributed by atoms with Gasteiger partial charge in [0.15, 0.2) is 0 Å². The molecule has 3 fully saturated rings. The Balaban J connectivity index is 1.15. The van der Waals surface area contributed by atoms with Gasteiger partial charge < -0.3 is 19.9 Å². The van der Waals surface area contributed by atoms with Crippen molar-refractivity contribution in [3.63, 3.8) is 0 Å². The van der Waals surface area contributed by atoms with Gasteiger partial charge >= 0.3 is 0 Å². The van der Waals surface area contributed by atoms with Crippen LogP contribution in [-0.4, -0.2) is 67.6 Å². The number of rotatable bonds is 7. The Morgan fingerprint density at radius 3 is 2.50 bits per heavy atom. The summed E-state index contributed by atoms with van der Waals surface area (Å²) in [6.45, 7) is 5.94. The molecule has 3 aliphatic heterocycles. The van der Waals surface area contributed by atoms with Crippen LogP contribution in [0.3, 0.4) is 0 Å². The fourth-order valence-electron chi connectivity index (χ4n) is 5.34. The molecule has 0 radical (unpaired) electrons. The van der Waals surface area contributed by atoms with Crippen molar-refractivity contribution in [1.29, 1.82) is 0 Å². The lowest BCUT2D eigenvalue weighted by Gasteiger charge is -2.25. The molecule has 3 aliphatic rings. The second-order valence-electron chi connectivity index (χ2n) is 9.29. The molecular weight excluding hydrogens is 422 g/mol. The van der Waals surface area contributed by atoms with E-state index in [0.717, 1.165) is 56.0 Å². The van der Waals surface area contributed by atoms with Crippen LogP contribution >= 0.6 is 11.3 Å². The Labute approximate surface area is 193 Å². The molecular formula is C25H31N3O3S. The molecule has 32 heavy (non-hydrogen) atoms. The third-order valence-corrected chi connectivity index (χ3v) is 7.99. The molecule has 1 aromatic heterocycles. The minimum absolute atomic E-state index is 0.0154. The number of ether oxygens (including phenoxy) is 1. The highest BCUT2D eigenvalue weighted by Crippen LogP contribution is 2.33. The number of hydrogen-bond acceptors (Lipinski definition) is 5. The van der Waals surface area contributed by atoms with Crippen LogP contribution < -0.4 is 5.32 Å². The van der Waals surface area contributed by atoms with E-state index in [-0.39, 0.29) is 23.8 Å². The van der Waals surface area contributed by atoms with E-state index in [1.165, 1.54) is 11.3 Å². The van der Waals surface area contributed by atoms with E-state index in [2.05, 4.69) is 22.3 Å². The second-order valence-corrected chi connectivity index (χ2v) is 10.2. The van der Waals surface area contributed by atoms with Gasteiger partial charge in [0.25, 0.3) is 5.91 Å². The maximum Gasteiger partial charge on any atom is 0.263 e. The van der Waals surface area contributed by atoms with Crippen LogP contribution in [-0.2, 0) is 9.53 Å². The quantitative estimate of drug-likeness (QED) is 0.700. The van der Waals surface area contributed by atoms with E-state index in [4.69, 9.17) is 4.74 Å². The lowest BCUT2D eigenvalue weighted by Crippen LogP contribution is -2.37. The van der Waals surface area contributed by atoms with Crippen molar-refractivity contribution >= 4 is 23.2 Å². The molecule has 4 atom stereocenters. The first kappa shape index (κ1) is 21.6. The number of nitrogens with zero attached hydrogens (tertiary/aromatic N) is 2. The lowest BCUT2D eigenvalue weighted by molar-refractivity contribution is -0.125. The summed E-state index contributed by atoms with van der Waals surface area (Å²) in [5.41, 5.74) is 1.16. The van der Waals surface area contributed by atoms with Gasteiger partial charge in [0.1, 0.15) is 0 Å². The molecule has 1 N–H and O–H groups in total. The third-order valence-electron chi connectivity index (χ3n) is 7.13. The molecule has 5 rings (SSSR count). The summed E-state index contributed by atoms with van der Waals surface area (Å²) in [7, 11) is 0. The Hall–Kier alpha value is -2.22. The van der Waals surface area contributed by atoms with Crippen molar-refractivity contribution in [2.75, 3.05) is 45.9 Å². The number of carbonyl (C=O) groups is 2. The molecule has 6 nitrogen and oxygen atoms in total. The fourth-order valence-corrected chi connectivity index (χ4v) is 6.04. The molecule has 1 aromatic carbocycles. The molecule has 3 saturated heterocycles. The van der Waals surface area contributed by atoms with Crippen LogP contribution in [0.4, 0.5) is 0 Å². The number of carbonyl (C=O) groups excluding carboxylic acids is 2. The molecule has 0 spiro atoms. The Bertz CT molecular complexity index is 900. The number of amides is 2. The highest BCUT2D eigenvalue weighted by atomic mass is 32.1. The molecule has 3 unspecified atom stereocenters. The van der Waals surface area contributed by atoms with Crippen molar-refractivity contribution in [3.05, 3.63) is 58.3 Å². The Kier molecular flexibility index (Phi) is 6.57. The van der Waals surface area contributed by atoms with Crippen molar-refractivity contribution in [2.24, 2.45) is 17.8 Å². The third kappa shape index (κ3) is 4.75. The van der Waals surface area contributed by atoms with Gasteiger partial charge in [-0.05, 0) is 41.7 Å². The van der Waals surface area contributed by atoms with Crippen LogP contribution in [0.1, 0.15) is 34.1 Å². The summed E-state index contributed by atoms with van der Waals surface area (Å²) >= 11 is 1.53. The Morgan fingerprint density at radius 1 is 1.06 bits per heavy atom. The number of benzene rings is 1. The van der Waals surface area contributed by atoms with Crippen molar-refractivity contribution < 1.29 is 14.3 Å². The first-order valence-electron chi connectivity index (χ1n) is 11.7. The molecule has 0 aliphatic carbocycles. The van der Waals surface area contributed by atoms with Crippen LogP contribution in [0.2, 0.25) is 0 Å².